The quantitative estimate of drug-likeness (QED) is 0.485. The molecule has 0 saturated heterocycles. The molecule has 1 spiro atoms. The normalized spacial score (nSPS) is 30.0. The van der Waals surface area contributed by atoms with Crippen molar-refractivity contribution >= 4 is 22.8 Å². The Morgan fingerprint density at radius 2 is 2.35 bits per heavy atom. The minimum atomic E-state index is -0.406. The van der Waals surface area contributed by atoms with Crippen LogP contribution in [0.2, 0.25) is 5.15 Å². The van der Waals surface area contributed by atoms with Crippen molar-refractivity contribution in [2.24, 2.45) is 0 Å². The summed E-state index contributed by atoms with van der Waals surface area (Å²) in [5.74, 6) is 0. The highest BCUT2D eigenvalue weighted by Crippen LogP contribution is 2.44. The summed E-state index contributed by atoms with van der Waals surface area (Å²) in [6.45, 7) is 0.269. The van der Waals surface area contributed by atoms with Crippen LogP contribution in [0.1, 0.15) is 25.5 Å². The monoisotopic (exact) mass is 336 g/mol. The third kappa shape index (κ3) is 2.44. The first kappa shape index (κ1) is 15.0. The minimum absolute atomic E-state index is 0.00306. The van der Waals surface area contributed by atoms with Crippen LogP contribution >= 0.6 is 11.6 Å². The Kier molecular flexibility index (Phi) is 3.81. The number of halogens is 1. The van der Waals surface area contributed by atoms with E-state index in [1.165, 1.54) is 6.33 Å². The standard InChI is InChI=1S/C15H17ClN4O3/c1-21-9-22-10-3-2-5-15(10)6-4-11(23-15)20-8-19-12-13(16)17-7-18-14(12)20/h4,6-8,10-11H,2-3,5,9H2,1H3/t10-,11-,15-/m0/s1. The van der Waals surface area contributed by atoms with E-state index in [1.54, 1.807) is 13.4 Å². The molecule has 2 aromatic rings. The Balaban J connectivity index is 1.60. The number of hydrogen-bond acceptors (Lipinski definition) is 6. The Labute approximate surface area is 138 Å². The zero-order valence-corrected chi connectivity index (χ0v) is 13.4. The van der Waals surface area contributed by atoms with Gasteiger partial charge in [0, 0.05) is 7.11 Å². The third-order valence-corrected chi connectivity index (χ3v) is 4.71. The second-order valence-electron chi connectivity index (χ2n) is 5.77. The van der Waals surface area contributed by atoms with Gasteiger partial charge in [0.15, 0.2) is 17.0 Å². The predicted octanol–water partition coefficient (Wildman–Crippen LogP) is 2.48. The molecule has 1 saturated carbocycles. The summed E-state index contributed by atoms with van der Waals surface area (Å²) in [5, 5.41) is 0.340. The fourth-order valence-corrected chi connectivity index (χ4v) is 3.55. The van der Waals surface area contributed by atoms with Crippen molar-refractivity contribution in [3.8, 4) is 0 Å². The van der Waals surface area contributed by atoms with Crippen molar-refractivity contribution in [3.05, 3.63) is 30.0 Å². The average molecular weight is 337 g/mol. The van der Waals surface area contributed by atoms with Crippen LogP contribution in [0.15, 0.2) is 24.8 Å². The molecular formula is C15H17ClN4O3. The fraction of sp³-hybridized carbons (Fsp3) is 0.533. The van der Waals surface area contributed by atoms with E-state index in [0.717, 1.165) is 19.3 Å². The van der Waals surface area contributed by atoms with Gasteiger partial charge in [-0.3, -0.25) is 4.57 Å². The van der Waals surface area contributed by atoms with Crippen LogP contribution in [0.4, 0.5) is 0 Å². The fourth-order valence-electron chi connectivity index (χ4n) is 3.38. The number of methoxy groups -OCH3 is 1. The van der Waals surface area contributed by atoms with Crippen LogP contribution in [-0.4, -0.2) is 45.1 Å². The molecule has 0 unspecified atom stereocenters. The van der Waals surface area contributed by atoms with Crippen molar-refractivity contribution in [2.75, 3.05) is 13.9 Å². The number of fused-ring (bicyclic) bond motifs is 1. The Bertz CT molecular complexity index is 749. The molecule has 8 heteroatoms. The minimum Gasteiger partial charge on any atom is -0.359 e. The molecule has 122 valence electrons. The van der Waals surface area contributed by atoms with E-state index in [2.05, 4.69) is 21.0 Å². The highest BCUT2D eigenvalue weighted by Gasteiger charge is 2.47. The zero-order valence-electron chi connectivity index (χ0n) is 12.7. The highest BCUT2D eigenvalue weighted by molar-refractivity contribution is 6.33. The molecule has 3 atom stereocenters. The van der Waals surface area contributed by atoms with Crippen LogP contribution in [-0.2, 0) is 14.2 Å². The van der Waals surface area contributed by atoms with E-state index in [1.807, 2.05) is 10.6 Å². The van der Waals surface area contributed by atoms with E-state index < -0.39 is 5.60 Å². The van der Waals surface area contributed by atoms with E-state index >= 15 is 0 Å². The number of rotatable bonds is 4. The molecule has 0 bridgehead atoms. The first-order valence-corrected chi connectivity index (χ1v) is 7.92. The van der Waals surface area contributed by atoms with Gasteiger partial charge in [0.2, 0.25) is 0 Å². The van der Waals surface area contributed by atoms with Crippen molar-refractivity contribution in [1.29, 1.82) is 0 Å². The molecule has 0 radical (unpaired) electrons. The van der Waals surface area contributed by atoms with E-state index in [4.69, 9.17) is 25.8 Å². The van der Waals surface area contributed by atoms with E-state index in [-0.39, 0.29) is 19.1 Å². The number of ether oxygens (including phenoxy) is 3. The molecule has 2 aromatic heterocycles. The van der Waals surface area contributed by atoms with Gasteiger partial charge in [0.1, 0.15) is 24.2 Å². The molecule has 7 nitrogen and oxygen atoms in total. The summed E-state index contributed by atoms with van der Waals surface area (Å²) in [5.41, 5.74) is 0.825. The van der Waals surface area contributed by atoms with Gasteiger partial charge in [-0.05, 0) is 31.4 Å². The molecule has 1 aliphatic heterocycles. The summed E-state index contributed by atoms with van der Waals surface area (Å²) < 4.78 is 19.0. The molecule has 3 heterocycles. The summed E-state index contributed by atoms with van der Waals surface area (Å²) in [4.78, 5) is 12.5. The molecule has 23 heavy (non-hydrogen) atoms. The topological polar surface area (TPSA) is 71.3 Å². The van der Waals surface area contributed by atoms with Crippen LogP contribution in [0.5, 0.6) is 0 Å². The molecule has 0 aromatic carbocycles. The number of aromatic nitrogens is 4. The van der Waals surface area contributed by atoms with Gasteiger partial charge >= 0.3 is 0 Å². The van der Waals surface area contributed by atoms with Gasteiger partial charge in [-0.2, -0.15) is 0 Å². The smallest absolute Gasteiger partial charge is 0.167 e. The molecule has 4 rings (SSSR count). The first-order valence-electron chi connectivity index (χ1n) is 7.54. The molecule has 0 amide bonds. The van der Waals surface area contributed by atoms with Gasteiger partial charge in [-0.15, -0.1) is 0 Å². The molecule has 1 aliphatic carbocycles. The lowest BCUT2D eigenvalue weighted by Gasteiger charge is -2.30. The SMILES string of the molecule is COCO[C@H]1CCC[C@]12C=C[C@@H](n1cnc3c(Cl)ncnc31)O2. The molecule has 0 N–H and O–H groups in total. The number of imidazole rings is 1. The summed E-state index contributed by atoms with van der Waals surface area (Å²) in [7, 11) is 1.62. The van der Waals surface area contributed by atoms with Gasteiger partial charge in [0.25, 0.3) is 0 Å². The second-order valence-corrected chi connectivity index (χ2v) is 6.12. The number of nitrogens with zero attached hydrogens (tertiary/aromatic N) is 4. The lowest BCUT2D eigenvalue weighted by atomic mass is 10.0. The summed E-state index contributed by atoms with van der Waals surface area (Å²) >= 11 is 6.06. The van der Waals surface area contributed by atoms with Crippen LogP contribution in [0.25, 0.3) is 11.2 Å². The zero-order chi connectivity index (χ0) is 15.9. The summed E-state index contributed by atoms with van der Waals surface area (Å²) in [6.07, 6.45) is 9.89. The Morgan fingerprint density at radius 1 is 1.43 bits per heavy atom. The lowest BCUT2D eigenvalue weighted by Crippen LogP contribution is -2.39. The highest BCUT2D eigenvalue weighted by atomic mass is 35.5. The predicted molar refractivity (Wildman–Crippen MR) is 82.9 cm³/mol. The summed E-state index contributed by atoms with van der Waals surface area (Å²) in [6, 6.07) is 0. The second kappa shape index (κ2) is 5.83. The third-order valence-electron chi connectivity index (χ3n) is 4.44. The van der Waals surface area contributed by atoms with Crippen molar-refractivity contribution in [2.45, 2.75) is 37.2 Å². The van der Waals surface area contributed by atoms with Crippen molar-refractivity contribution < 1.29 is 14.2 Å². The Morgan fingerprint density at radius 3 is 3.22 bits per heavy atom. The average Bonchev–Trinajstić information content (AvgIpc) is 3.25. The maximum absolute atomic E-state index is 6.34. The van der Waals surface area contributed by atoms with Crippen molar-refractivity contribution in [3.63, 3.8) is 0 Å². The number of hydrogen-bond donors (Lipinski definition) is 0. The first-order chi connectivity index (χ1) is 11.2. The van der Waals surface area contributed by atoms with Gasteiger partial charge in [-0.1, -0.05) is 11.6 Å². The van der Waals surface area contributed by atoms with Gasteiger partial charge in [0.05, 0.1) is 12.4 Å². The van der Waals surface area contributed by atoms with Gasteiger partial charge in [-0.25, -0.2) is 15.0 Å². The molecular weight excluding hydrogens is 320 g/mol. The van der Waals surface area contributed by atoms with Crippen LogP contribution in [0.3, 0.4) is 0 Å². The maximum atomic E-state index is 6.34. The molecule has 2 aliphatic rings. The largest absolute Gasteiger partial charge is 0.359 e. The van der Waals surface area contributed by atoms with Crippen molar-refractivity contribution in [1.82, 2.24) is 19.5 Å². The van der Waals surface area contributed by atoms with Gasteiger partial charge < -0.3 is 14.2 Å². The Hall–Kier alpha value is -1.54. The maximum Gasteiger partial charge on any atom is 0.167 e. The van der Waals surface area contributed by atoms with Crippen LogP contribution in [0, 0.1) is 0 Å². The van der Waals surface area contributed by atoms with E-state index in [0.29, 0.717) is 16.3 Å². The van der Waals surface area contributed by atoms with E-state index in [9.17, 15) is 0 Å². The molecule has 1 fully saturated rings. The lowest BCUT2D eigenvalue weighted by molar-refractivity contribution is -0.158. The van der Waals surface area contributed by atoms with Crippen LogP contribution < -0.4 is 0 Å².